The molecule has 0 saturated carbocycles. The normalized spacial score (nSPS) is 10.2. The predicted octanol–water partition coefficient (Wildman–Crippen LogP) is 2.19. The summed E-state index contributed by atoms with van der Waals surface area (Å²) in [4.78, 5) is 10.3. The first-order chi connectivity index (χ1) is 7.69. The number of hydrogen-bond acceptors (Lipinski definition) is 3. The summed E-state index contributed by atoms with van der Waals surface area (Å²) < 4.78 is 36.3. The van der Waals surface area contributed by atoms with Crippen LogP contribution in [0.4, 0.5) is 8.78 Å². The summed E-state index contributed by atoms with van der Waals surface area (Å²) in [5.74, 6) is -2.26. The molecule has 0 bridgehead atoms. The van der Waals surface area contributed by atoms with Gasteiger partial charge in [-0.2, -0.15) is 0 Å². The van der Waals surface area contributed by atoms with E-state index in [4.69, 9.17) is 9.47 Å². The Labute approximate surface area is 92.0 Å². The van der Waals surface area contributed by atoms with Crippen LogP contribution in [0, 0.1) is 11.6 Å². The van der Waals surface area contributed by atoms with Crippen molar-refractivity contribution in [2.24, 2.45) is 0 Å². The van der Waals surface area contributed by atoms with E-state index in [-0.39, 0.29) is 18.8 Å². The molecule has 5 heteroatoms. The highest BCUT2D eigenvalue weighted by Gasteiger charge is 2.12. The van der Waals surface area contributed by atoms with Crippen molar-refractivity contribution in [1.29, 1.82) is 0 Å². The highest BCUT2D eigenvalue weighted by Crippen LogP contribution is 2.22. The van der Waals surface area contributed by atoms with Crippen molar-refractivity contribution < 1.29 is 23.0 Å². The smallest absolute Gasteiger partial charge is 0.190 e. The Morgan fingerprint density at radius 1 is 1.25 bits per heavy atom. The van der Waals surface area contributed by atoms with Crippen LogP contribution < -0.4 is 4.74 Å². The Hall–Kier alpha value is -1.49. The second-order valence-corrected chi connectivity index (χ2v) is 2.98. The lowest BCUT2D eigenvalue weighted by Gasteiger charge is -2.08. The summed E-state index contributed by atoms with van der Waals surface area (Å²) in [5, 5.41) is 0. The summed E-state index contributed by atoms with van der Waals surface area (Å²) in [6.45, 7) is 2.63. The SMILES string of the molecule is CCOCCOc1c(F)cc(C=O)cc1F. The number of benzene rings is 1. The third kappa shape index (κ3) is 3.27. The molecule has 0 radical (unpaired) electrons. The van der Waals surface area contributed by atoms with E-state index >= 15 is 0 Å². The van der Waals surface area contributed by atoms with Crippen LogP contribution >= 0.6 is 0 Å². The Morgan fingerprint density at radius 3 is 2.38 bits per heavy atom. The van der Waals surface area contributed by atoms with E-state index in [2.05, 4.69) is 0 Å². The lowest BCUT2D eigenvalue weighted by molar-refractivity contribution is 0.106. The van der Waals surface area contributed by atoms with E-state index in [0.29, 0.717) is 12.9 Å². The number of ether oxygens (including phenoxy) is 2. The van der Waals surface area contributed by atoms with E-state index in [1.54, 1.807) is 6.92 Å². The van der Waals surface area contributed by atoms with Gasteiger partial charge in [0, 0.05) is 12.2 Å². The molecule has 0 atom stereocenters. The number of rotatable bonds is 6. The van der Waals surface area contributed by atoms with Crippen molar-refractivity contribution in [2.45, 2.75) is 6.92 Å². The van der Waals surface area contributed by atoms with Crippen molar-refractivity contribution in [1.82, 2.24) is 0 Å². The van der Waals surface area contributed by atoms with Crippen molar-refractivity contribution in [2.75, 3.05) is 19.8 Å². The molecular weight excluding hydrogens is 218 g/mol. The van der Waals surface area contributed by atoms with Crippen LogP contribution in [0.2, 0.25) is 0 Å². The van der Waals surface area contributed by atoms with Gasteiger partial charge in [0.25, 0.3) is 0 Å². The third-order valence-corrected chi connectivity index (χ3v) is 1.83. The van der Waals surface area contributed by atoms with E-state index < -0.39 is 17.4 Å². The van der Waals surface area contributed by atoms with E-state index in [0.717, 1.165) is 12.1 Å². The predicted molar refractivity (Wildman–Crippen MR) is 53.7 cm³/mol. The molecule has 0 aliphatic carbocycles. The Kier molecular flexibility index (Phi) is 4.85. The van der Waals surface area contributed by atoms with Gasteiger partial charge in [0.2, 0.25) is 0 Å². The Morgan fingerprint density at radius 2 is 1.88 bits per heavy atom. The first-order valence-corrected chi connectivity index (χ1v) is 4.83. The van der Waals surface area contributed by atoms with Gasteiger partial charge in [0.15, 0.2) is 17.4 Å². The Balaban J connectivity index is 2.69. The van der Waals surface area contributed by atoms with Crippen LogP contribution in [0.15, 0.2) is 12.1 Å². The van der Waals surface area contributed by atoms with Gasteiger partial charge in [-0.25, -0.2) is 8.78 Å². The Bertz CT molecular complexity index is 343. The summed E-state index contributed by atoms with van der Waals surface area (Å²) >= 11 is 0. The first kappa shape index (κ1) is 12.6. The van der Waals surface area contributed by atoms with Gasteiger partial charge in [0.05, 0.1) is 6.61 Å². The quantitative estimate of drug-likeness (QED) is 0.555. The van der Waals surface area contributed by atoms with Gasteiger partial charge in [-0.3, -0.25) is 4.79 Å². The molecule has 0 aromatic heterocycles. The highest BCUT2D eigenvalue weighted by atomic mass is 19.1. The lowest BCUT2D eigenvalue weighted by Crippen LogP contribution is -2.08. The minimum atomic E-state index is -0.890. The van der Waals surface area contributed by atoms with Gasteiger partial charge < -0.3 is 9.47 Å². The first-order valence-electron chi connectivity index (χ1n) is 4.83. The molecule has 16 heavy (non-hydrogen) atoms. The molecule has 0 heterocycles. The van der Waals surface area contributed by atoms with Gasteiger partial charge in [-0.1, -0.05) is 0 Å². The molecule has 0 spiro atoms. The maximum Gasteiger partial charge on any atom is 0.190 e. The van der Waals surface area contributed by atoms with Crippen molar-refractivity contribution in [3.8, 4) is 5.75 Å². The number of carbonyl (C=O) groups excluding carboxylic acids is 1. The molecular formula is C11H12F2O3. The number of aldehydes is 1. The number of carbonyl (C=O) groups is 1. The summed E-state index contributed by atoms with van der Waals surface area (Å²) in [7, 11) is 0. The minimum absolute atomic E-state index is 0.0577. The molecule has 3 nitrogen and oxygen atoms in total. The molecule has 0 unspecified atom stereocenters. The fourth-order valence-electron chi connectivity index (χ4n) is 1.13. The minimum Gasteiger partial charge on any atom is -0.485 e. The van der Waals surface area contributed by atoms with E-state index in [1.807, 2.05) is 0 Å². The standard InChI is InChI=1S/C11H12F2O3/c1-2-15-3-4-16-11-9(12)5-8(7-14)6-10(11)13/h5-7H,2-4H2,1H3. The molecule has 1 rings (SSSR count). The summed E-state index contributed by atoms with van der Waals surface area (Å²) in [6, 6.07) is 1.85. The monoisotopic (exact) mass is 230 g/mol. The van der Waals surface area contributed by atoms with Gasteiger partial charge in [0.1, 0.15) is 12.9 Å². The molecule has 0 aliphatic heterocycles. The molecule has 0 fully saturated rings. The van der Waals surface area contributed by atoms with Crippen LogP contribution in [-0.4, -0.2) is 26.1 Å². The maximum absolute atomic E-state index is 13.2. The number of hydrogen-bond donors (Lipinski definition) is 0. The topological polar surface area (TPSA) is 35.5 Å². The largest absolute Gasteiger partial charge is 0.485 e. The lowest BCUT2D eigenvalue weighted by atomic mass is 10.2. The van der Waals surface area contributed by atoms with E-state index in [9.17, 15) is 13.6 Å². The van der Waals surface area contributed by atoms with Gasteiger partial charge in [-0.05, 0) is 19.1 Å². The van der Waals surface area contributed by atoms with Gasteiger partial charge >= 0.3 is 0 Å². The zero-order chi connectivity index (χ0) is 12.0. The zero-order valence-corrected chi connectivity index (χ0v) is 8.83. The summed E-state index contributed by atoms with van der Waals surface area (Å²) in [6.07, 6.45) is 0.371. The van der Waals surface area contributed by atoms with Crippen LogP contribution in [0.1, 0.15) is 17.3 Å². The maximum atomic E-state index is 13.2. The van der Waals surface area contributed by atoms with E-state index in [1.165, 1.54) is 0 Å². The van der Waals surface area contributed by atoms with Crippen molar-refractivity contribution in [3.63, 3.8) is 0 Å². The molecule has 1 aromatic carbocycles. The molecule has 0 aliphatic rings. The van der Waals surface area contributed by atoms with Crippen LogP contribution in [0.5, 0.6) is 5.75 Å². The average Bonchev–Trinajstić information content (AvgIpc) is 2.26. The number of halogens is 2. The molecule has 1 aromatic rings. The second kappa shape index (κ2) is 6.17. The summed E-state index contributed by atoms with van der Waals surface area (Å²) in [5.41, 5.74) is -0.0628. The van der Waals surface area contributed by atoms with Crippen molar-refractivity contribution in [3.05, 3.63) is 29.3 Å². The average molecular weight is 230 g/mol. The zero-order valence-electron chi connectivity index (χ0n) is 8.83. The molecule has 0 amide bonds. The molecule has 88 valence electrons. The highest BCUT2D eigenvalue weighted by molar-refractivity contribution is 5.75. The molecule has 0 saturated heterocycles. The molecule has 0 N–H and O–H groups in total. The van der Waals surface area contributed by atoms with Gasteiger partial charge in [-0.15, -0.1) is 0 Å². The fourth-order valence-corrected chi connectivity index (χ4v) is 1.13. The third-order valence-electron chi connectivity index (χ3n) is 1.83. The van der Waals surface area contributed by atoms with Crippen LogP contribution in [-0.2, 0) is 4.74 Å². The second-order valence-electron chi connectivity index (χ2n) is 2.98. The van der Waals surface area contributed by atoms with Crippen LogP contribution in [0.25, 0.3) is 0 Å². The fraction of sp³-hybridized carbons (Fsp3) is 0.364. The van der Waals surface area contributed by atoms with Crippen LogP contribution in [0.3, 0.4) is 0 Å². The van der Waals surface area contributed by atoms with Crippen molar-refractivity contribution >= 4 is 6.29 Å².